The van der Waals surface area contributed by atoms with Crippen LogP contribution in [0.15, 0.2) is 53.4 Å². The Hall–Kier alpha value is -2.18. The summed E-state index contributed by atoms with van der Waals surface area (Å²) in [5.74, 6) is -0.290. The zero-order valence-corrected chi connectivity index (χ0v) is 15.6. The summed E-state index contributed by atoms with van der Waals surface area (Å²) >= 11 is 0. The molecule has 2 aromatic rings. The smallest absolute Gasteiger partial charge is 0.242 e. The van der Waals surface area contributed by atoms with E-state index in [1.54, 1.807) is 29.2 Å². The van der Waals surface area contributed by atoms with E-state index in [9.17, 15) is 13.2 Å². The van der Waals surface area contributed by atoms with E-state index in [0.29, 0.717) is 6.54 Å². The molecule has 6 heteroatoms. The molecule has 0 fully saturated rings. The van der Waals surface area contributed by atoms with E-state index in [2.05, 4.69) is 4.72 Å². The van der Waals surface area contributed by atoms with Crippen molar-refractivity contribution >= 4 is 21.6 Å². The van der Waals surface area contributed by atoms with Crippen molar-refractivity contribution in [1.29, 1.82) is 0 Å². The van der Waals surface area contributed by atoms with Crippen LogP contribution in [-0.4, -0.2) is 27.4 Å². The molecule has 0 radical (unpaired) electrons. The Balaban J connectivity index is 2.08. The zero-order valence-electron chi connectivity index (χ0n) is 14.8. The van der Waals surface area contributed by atoms with E-state index >= 15 is 0 Å². The van der Waals surface area contributed by atoms with Crippen LogP contribution in [0.4, 0.5) is 5.69 Å². The van der Waals surface area contributed by atoms with Crippen molar-refractivity contribution in [3.63, 3.8) is 0 Å². The number of aryl methyl sites for hydroxylation is 2. The van der Waals surface area contributed by atoms with Crippen LogP contribution in [0.2, 0.25) is 0 Å². The lowest BCUT2D eigenvalue weighted by Crippen LogP contribution is -2.40. The Labute approximate surface area is 149 Å². The van der Waals surface area contributed by atoms with E-state index in [1.807, 2.05) is 45.0 Å². The van der Waals surface area contributed by atoms with Crippen molar-refractivity contribution in [2.45, 2.75) is 32.1 Å². The summed E-state index contributed by atoms with van der Waals surface area (Å²) in [5, 5.41) is 0. The maximum atomic E-state index is 12.5. The van der Waals surface area contributed by atoms with Gasteiger partial charge >= 0.3 is 0 Å². The predicted molar refractivity (Wildman–Crippen MR) is 100 cm³/mol. The predicted octanol–water partition coefficient (Wildman–Crippen LogP) is 2.89. The van der Waals surface area contributed by atoms with E-state index in [0.717, 1.165) is 23.2 Å². The molecule has 0 aliphatic heterocycles. The molecule has 0 atom stereocenters. The standard InChI is InChI=1S/C19H24N2O3S/c1-4-16-9-11-18(12-10-16)25(23,24)20-14-19(22)21(5-2)17-8-6-7-15(3)13-17/h6-13,20H,4-5,14H2,1-3H3. The van der Waals surface area contributed by atoms with Crippen LogP contribution >= 0.6 is 0 Å². The van der Waals surface area contributed by atoms with Crippen molar-refractivity contribution in [2.24, 2.45) is 0 Å². The van der Waals surface area contributed by atoms with Gasteiger partial charge in [0, 0.05) is 12.2 Å². The maximum absolute atomic E-state index is 12.5. The summed E-state index contributed by atoms with van der Waals surface area (Å²) in [5.41, 5.74) is 2.87. The average Bonchev–Trinajstić information content (AvgIpc) is 2.61. The molecule has 0 saturated heterocycles. The fourth-order valence-electron chi connectivity index (χ4n) is 2.54. The van der Waals surface area contributed by atoms with Gasteiger partial charge in [-0.2, -0.15) is 0 Å². The van der Waals surface area contributed by atoms with Crippen LogP contribution in [0.25, 0.3) is 0 Å². The van der Waals surface area contributed by atoms with Gasteiger partial charge in [-0.15, -0.1) is 0 Å². The molecule has 5 nitrogen and oxygen atoms in total. The number of nitrogens with one attached hydrogen (secondary N) is 1. The Bertz CT molecular complexity index is 830. The second kappa shape index (κ2) is 8.27. The third-order valence-corrected chi connectivity index (χ3v) is 5.40. The lowest BCUT2D eigenvalue weighted by Gasteiger charge is -2.21. The summed E-state index contributed by atoms with van der Waals surface area (Å²) in [7, 11) is -3.71. The van der Waals surface area contributed by atoms with Crippen molar-refractivity contribution in [2.75, 3.05) is 18.0 Å². The summed E-state index contributed by atoms with van der Waals surface area (Å²) in [6, 6.07) is 14.2. The molecule has 0 aromatic heterocycles. The topological polar surface area (TPSA) is 66.5 Å². The third kappa shape index (κ3) is 4.90. The van der Waals surface area contributed by atoms with Crippen molar-refractivity contribution in [3.8, 4) is 0 Å². The number of amides is 1. The van der Waals surface area contributed by atoms with Crippen LogP contribution in [0.1, 0.15) is 25.0 Å². The number of hydrogen-bond donors (Lipinski definition) is 1. The lowest BCUT2D eigenvalue weighted by atomic mass is 10.2. The van der Waals surface area contributed by atoms with Crippen LogP contribution in [0.3, 0.4) is 0 Å². The number of carbonyl (C=O) groups excluding carboxylic acids is 1. The van der Waals surface area contributed by atoms with Gasteiger partial charge in [-0.05, 0) is 55.7 Å². The van der Waals surface area contributed by atoms with Gasteiger partial charge in [0.2, 0.25) is 15.9 Å². The molecule has 0 saturated carbocycles. The largest absolute Gasteiger partial charge is 0.312 e. The Morgan fingerprint density at radius 1 is 1.08 bits per heavy atom. The number of rotatable bonds is 7. The van der Waals surface area contributed by atoms with Crippen LogP contribution in [0.5, 0.6) is 0 Å². The summed E-state index contributed by atoms with van der Waals surface area (Å²) in [6.45, 7) is 6.00. The number of sulfonamides is 1. The molecule has 134 valence electrons. The molecule has 1 amide bonds. The lowest BCUT2D eigenvalue weighted by molar-refractivity contribution is -0.117. The molecule has 0 unspecified atom stereocenters. The van der Waals surface area contributed by atoms with E-state index in [4.69, 9.17) is 0 Å². The quantitative estimate of drug-likeness (QED) is 0.826. The van der Waals surface area contributed by atoms with Gasteiger partial charge in [0.05, 0.1) is 11.4 Å². The van der Waals surface area contributed by atoms with Crippen LogP contribution < -0.4 is 9.62 Å². The first-order chi connectivity index (χ1) is 11.9. The number of hydrogen-bond acceptors (Lipinski definition) is 3. The second-order valence-corrected chi connectivity index (χ2v) is 7.57. The Kier molecular flexibility index (Phi) is 6.33. The minimum atomic E-state index is -3.71. The van der Waals surface area contributed by atoms with E-state index < -0.39 is 10.0 Å². The fourth-order valence-corrected chi connectivity index (χ4v) is 3.51. The molecular weight excluding hydrogens is 336 g/mol. The average molecular weight is 360 g/mol. The van der Waals surface area contributed by atoms with Crippen molar-refractivity contribution in [3.05, 3.63) is 59.7 Å². The van der Waals surface area contributed by atoms with Gasteiger partial charge < -0.3 is 4.90 Å². The molecular formula is C19H24N2O3S. The van der Waals surface area contributed by atoms with Crippen LogP contribution in [-0.2, 0) is 21.2 Å². The Morgan fingerprint density at radius 3 is 2.32 bits per heavy atom. The molecule has 2 rings (SSSR count). The minimum Gasteiger partial charge on any atom is -0.312 e. The molecule has 25 heavy (non-hydrogen) atoms. The van der Waals surface area contributed by atoms with Gasteiger partial charge in [0.25, 0.3) is 0 Å². The van der Waals surface area contributed by atoms with Gasteiger partial charge in [-0.3, -0.25) is 4.79 Å². The SMILES string of the molecule is CCc1ccc(S(=O)(=O)NCC(=O)N(CC)c2cccc(C)c2)cc1. The number of benzene rings is 2. The van der Waals surface area contributed by atoms with Gasteiger partial charge in [-0.1, -0.05) is 31.2 Å². The Morgan fingerprint density at radius 2 is 1.76 bits per heavy atom. The molecule has 1 N–H and O–H groups in total. The third-order valence-electron chi connectivity index (χ3n) is 3.99. The van der Waals surface area contributed by atoms with Gasteiger partial charge in [0.1, 0.15) is 0 Å². The highest BCUT2D eigenvalue weighted by Crippen LogP contribution is 2.16. The van der Waals surface area contributed by atoms with Gasteiger partial charge in [0.15, 0.2) is 0 Å². The highest BCUT2D eigenvalue weighted by molar-refractivity contribution is 7.89. The number of likely N-dealkylation sites (N-methyl/N-ethyl adjacent to an activating group) is 1. The van der Waals surface area contributed by atoms with Crippen LogP contribution in [0, 0.1) is 6.92 Å². The number of nitrogens with zero attached hydrogens (tertiary/aromatic N) is 1. The maximum Gasteiger partial charge on any atom is 0.242 e. The molecule has 2 aromatic carbocycles. The van der Waals surface area contributed by atoms with Crippen molar-refractivity contribution in [1.82, 2.24) is 4.72 Å². The second-order valence-electron chi connectivity index (χ2n) is 5.80. The number of carbonyl (C=O) groups is 1. The molecule has 0 aliphatic carbocycles. The molecule has 0 aliphatic rings. The van der Waals surface area contributed by atoms with Gasteiger partial charge in [-0.25, -0.2) is 13.1 Å². The highest BCUT2D eigenvalue weighted by atomic mass is 32.2. The van der Waals surface area contributed by atoms with E-state index in [1.165, 1.54) is 0 Å². The summed E-state index contributed by atoms with van der Waals surface area (Å²) < 4.78 is 27.1. The first-order valence-corrected chi connectivity index (χ1v) is 9.81. The normalized spacial score (nSPS) is 11.3. The van der Waals surface area contributed by atoms with E-state index in [-0.39, 0.29) is 17.3 Å². The monoisotopic (exact) mass is 360 g/mol. The fraction of sp³-hybridized carbons (Fsp3) is 0.316. The first kappa shape index (κ1) is 19.1. The summed E-state index contributed by atoms with van der Waals surface area (Å²) in [6.07, 6.45) is 0.841. The first-order valence-electron chi connectivity index (χ1n) is 8.33. The molecule has 0 spiro atoms. The molecule has 0 heterocycles. The highest BCUT2D eigenvalue weighted by Gasteiger charge is 2.19. The van der Waals surface area contributed by atoms with Crippen molar-refractivity contribution < 1.29 is 13.2 Å². The number of anilines is 1. The summed E-state index contributed by atoms with van der Waals surface area (Å²) in [4.78, 5) is 14.2. The minimum absolute atomic E-state index is 0.163. The zero-order chi connectivity index (χ0) is 18.4. The molecule has 0 bridgehead atoms.